The van der Waals surface area contributed by atoms with Gasteiger partial charge < -0.3 is 19.7 Å². The summed E-state index contributed by atoms with van der Waals surface area (Å²) in [6.45, 7) is 0. The molecule has 2 rings (SSSR count). The highest BCUT2D eigenvalue weighted by Gasteiger charge is 2.28. The number of ether oxygens (including phenoxy) is 2. The van der Waals surface area contributed by atoms with E-state index >= 15 is 0 Å². The molecule has 0 aliphatic carbocycles. The Morgan fingerprint density at radius 1 is 1.16 bits per heavy atom. The molecular weight excluding hydrogens is 409 g/mol. The Morgan fingerprint density at radius 2 is 1.87 bits per heavy atom. The lowest BCUT2D eigenvalue weighted by Gasteiger charge is -2.26. The van der Waals surface area contributed by atoms with Crippen LogP contribution in [0, 0.1) is 5.82 Å². The number of carboxylic acid groups (broad SMARTS) is 1. The number of phenolic OH excluding ortho intramolecular Hbond substituents is 1. The van der Waals surface area contributed by atoms with Crippen LogP contribution in [-0.2, 0) is 14.3 Å². The fraction of sp³-hybridized carbons (Fsp3) is 0.227. The lowest BCUT2D eigenvalue weighted by atomic mass is 10.00. The normalized spacial score (nSPS) is 12.8. The third kappa shape index (κ3) is 7.23. The molecule has 2 aromatic rings. The second kappa shape index (κ2) is 11.5. The number of carbonyl (C=O) groups excluding carboxylic acids is 2. The van der Waals surface area contributed by atoms with Gasteiger partial charge in [0.15, 0.2) is 17.7 Å². The number of rotatable bonds is 9. The van der Waals surface area contributed by atoms with Crippen LogP contribution in [0.1, 0.15) is 34.9 Å². The van der Waals surface area contributed by atoms with Gasteiger partial charge in [0.1, 0.15) is 0 Å². The molecule has 0 aromatic heterocycles. The Labute approximate surface area is 177 Å². The third-order valence-corrected chi connectivity index (χ3v) is 4.30. The number of benzene rings is 2. The lowest BCUT2D eigenvalue weighted by Crippen LogP contribution is -2.35. The smallest absolute Gasteiger partial charge is 0.414 e. The van der Waals surface area contributed by atoms with Crippen LogP contribution in [0.3, 0.4) is 0 Å². The Bertz CT molecular complexity index is 946. The number of hydrogen-bond donors (Lipinski definition) is 3. The lowest BCUT2D eigenvalue weighted by molar-refractivity contribution is -0.131. The van der Waals surface area contributed by atoms with E-state index < -0.39 is 41.7 Å². The number of methoxy groups -OCH3 is 1. The van der Waals surface area contributed by atoms with Crippen LogP contribution in [-0.4, -0.2) is 41.4 Å². The summed E-state index contributed by atoms with van der Waals surface area (Å²) >= 11 is 0. The molecule has 0 unspecified atom stereocenters. The topological polar surface area (TPSA) is 122 Å². The number of carbonyl (C=O) groups is 3. The van der Waals surface area contributed by atoms with Crippen LogP contribution in [0.5, 0.6) is 5.75 Å². The van der Waals surface area contributed by atoms with Gasteiger partial charge in [0.05, 0.1) is 6.10 Å². The number of amides is 2. The Balaban J connectivity index is 2.19. The number of carboxylic acids is 1. The van der Waals surface area contributed by atoms with E-state index in [-0.39, 0.29) is 24.0 Å². The Hall–Kier alpha value is -3.72. The van der Waals surface area contributed by atoms with Crippen molar-refractivity contribution in [2.75, 3.05) is 7.11 Å². The molecule has 0 saturated heterocycles. The van der Waals surface area contributed by atoms with E-state index in [1.807, 2.05) is 0 Å². The van der Waals surface area contributed by atoms with Crippen LogP contribution in [0.15, 0.2) is 60.7 Å². The standard InChI is InChI=1S/C22H22FNO7/c1-30-18(9-5-6-10-19(26)27)20(15-11-12-17(25)16(23)13-15)31-22(29)24-21(28)14-7-3-2-4-8-14/h2-4,6-8,10-13,18,20,25H,5,9H2,1H3,(H,26,27)(H,24,28,29)/b10-6+/t18-,20-/m1/s1. The molecular formula is C22H22FNO7. The van der Waals surface area contributed by atoms with Gasteiger partial charge >= 0.3 is 12.1 Å². The number of phenols is 1. The number of halogens is 1. The van der Waals surface area contributed by atoms with E-state index in [9.17, 15) is 23.9 Å². The molecule has 2 atom stereocenters. The fourth-order valence-corrected chi connectivity index (χ4v) is 2.80. The maximum absolute atomic E-state index is 13.9. The van der Waals surface area contributed by atoms with Gasteiger partial charge in [0.2, 0.25) is 0 Å². The van der Waals surface area contributed by atoms with Gasteiger partial charge in [-0.05, 0) is 42.7 Å². The summed E-state index contributed by atoms with van der Waals surface area (Å²) in [6, 6.07) is 11.5. The second-order valence-electron chi connectivity index (χ2n) is 6.45. The molecule has 8 nitrogen and oxygen atoms in total. The SMILES string of the molecule is CO[C@H](CC/C=C/C(=O)O)[C@H](OC(=O)NC(=O)c1ccccc1)c1ccc(O)c(F)c1. The van der Waals surface area contributed by atoms with Crippen molar-refractivity contribution >= 4 is 18.0 Å². The average molecular weight is 431 g/mol. The number of nitrogens with one attached hydrogen (secondary N) is 1. The highest BCUT2D eigenvalue weighted by Crippen LogP contribution is 2.29. The molecule has 0 radical (unpaired) electrons. The molecule has 0 spiro atoms. The van der Waals surface area contributed by atoms with Gasteiger partial charge in [-0.25, -0.2) is 14.0 Å². The molecule has 2 aromatic carbocycles. The molecule has 0 heterocycles. The van der Waals surface area contributed by atoms with Gasteiger partial charge in [0, 0.05) is 18.7 Å². The van der Waals surface area contributed by atoms with E-state index in [0.29, 0.717) is 0 Å². The number of hydrogen-bond acceptors (Lipinski definition) is 6. The van der Waals surface area contributed by atoms with Crippen molar-refractivity contribution in [3.8, 4) is 5.75 Å². The van der Waals surface area contributed by atoms with Crippen molar-refractivity contribution < 1.29 is 38.5 Å². The first-order valence-electron chi connectivity index (χ1n) is 9.29. The van der Waals surface area contributed by atoms with Crippen LogP contribution in [0.2, 0.25) is 0 Å². The molecule has 31 heavy (non-hydrogen) atoms. The molecule has 3 N–H and O–H groups in total. The maximum atomic E-state index is 13.9. The van der Waals surface area contributed by atoms with Crippen molar-refractivity contribution in [1.82, 2.24) is 5.32 Å². The van der Waals surface area contributed by atoms with Crippen molar-refractivity contribution in [3.05, 3.63) is 77.6 Å². The Kier molecular flexibility index (Phi) is 8.71. The summed E-state index contributed by atoms with van der Waals surface area (Å²) in [6.07, 6.45) is -0.128. The fourth-order valence-electron chi connectivity index (χ4n) is 2.80. The van der Waals surface area contributed by atoms with E-state index in [4.69, 9.17) is 14.6 Å². The van der Waals surface area contributed by atoms with Crippen molar-refractivity contribution in [1.29, 1.82) is 0 Å². The maximum Gasteiger partial charge on any atom is 0.414 e. The highest BCUT2D eigenvalue weighted by molar-refractivity contribution is 6.02. The third-order valence-electron chi connectivity index (χ3n) is 4.30. The second-order valence-corrected chi connectivity index (χ2v) is 6.45. The Morgan fingerprint density at radius 3 is 2.48 bits per heavy atom. The summed E-state index contributed by atoms with van der Waals surface area (Å²) in [5.74, 6) is -3.29. The summed E-state index contributed by atoms with van der Waals surface area (Å²) in [4.78, 5) is 35.2. The van der Waals surface area contributed by atoms with Gasteiger partial charge in [-0.1, -0.05) is 30.3 Å². The summed E-state index contributed by atoms with van der Waals surface area (Å²) in [7, 11) is 1.35. The largest absolute Gasteiger partial charge is 0.505 e. The monoisotopic (exact) mass is 431 g/mol. The summed E-state index contributed by atoms with van der Waals surface area (Å²) < 4.78 is 24.6. The van der Waals surface area contributed by atoms with E-state index in [1.54, 1.807) is 18.2 Å². The van der Waals surface area contributed by atoms with Crippen LogP contribution >= 0.6 is 0 Å². The van der Waals surface area contributed by atoms with E-state index in [1.165, 1.54) is 31.4 Å². The highest BCUT2D eigenvalue weighted by atomic mass is 19.1. The molecule has 2 amide bonds. The van der Waals surface area contributed by atoms with Crippen molar-refractivity contribution in [2.24, 2.45) is 0 Å². The van der Waals surface area contributed by atoms with Crippen LogP contribution < -0.4 is 5.32 Å². The summed E-state index contributed by atoms with van der Waals surface area (Å²) in [5.41, 5.74) is 0.431. The molecule has 9 heteroatoms. The number of aromatic hydroxyl groups is 1. The van der Waals surface area contributed by atoms with Gasteiger partial charge in [-0.2, -0.15) is 0 Å². The van der Waals surface area contributed by atoms with Crippen molar-refractivity contribution in [2.45, 2.75) is 25.0 Å². The number of aliphatic carboxylic acids is 1. The molecule has 164 valence electrons. The minimum Gasteiger partial charge on any atom is -0.505 e. The first-order valence-corrected chi connectivity index (χ1v) is 9.29. The van der Waals surface area contributed by atoms with Gasteiger partial charge in [0.25, 0.3) is 5.91 Å². The minimum absolute atomic E-state index is 0.187. The van der Waals surface area contributed by atoms with E-state index in [2.05, 4.69) is 5.32 Å². The number of imide groups is 1. The number of alkyl carbamates (subject to hydrolysis) is 1. The molecule has 0 saturated carbocycles. The van der Waals surface area contributed by atoms with E-state index in [0.717, 1.165) is 18.2 Å². The zero-order valence-electron chi connectivity index (χ0n) is 16.7. The first kappa shape index (κ1) is 23.6. The van der Waals surface area contributed by atoms with Gasteiger partial charge in [-0.15, -0.1) is 0 Å². The average Bonchev–Trinajstić information content (AvgIpc) is 2.75. The van der Waals surface area contributed by atoms with Crippen LogP contribution in [0.4, 0.5) is 9.18 Å². The van der Waals surface area contributed by atoms with Crippen LogP contribution in [0.25, 0.3) is 0 Å². The molecule has 0 fully saturated rings. The van der Waals surface area contributed by atoms with Gasteiger partial charge in [-0.3, -0.25) is 10.1 Å². The van der Waals surface area contributed by atoms with Crippen molar-refractivity contribution in [3.63, 3.8) is 0 Å². The molecule has 0 bridgehead atoms. The predicted octanol–water partition coefficient (Wildman–Crippen LogP) is 3.58. The zero-order valence-corrected chi connectivity index (χ0v) is 16.7. The molecule has 0 aliphatic rings. The zero-order chi connectivity index (χ0) is 22.8. The minimum atomic E-state index is -1.14. The number of allylic oxidation sites excluding steroid dienone is 1. The first-order chi connectivity index (χ1) is 14.8. The quantitative estimate of drug-likeness (QED) is 0.519. The summed E-state index contributed by atoms with van der Waals surface area (Å²) in [5, 5.41) is 20.2. The predicted molar refractivity (Wildman–Crippen MR) is 108 cm³/mol. The molecule has 0 aliphatic heterocycles.